The Morgan fingerprint density at radius 2 is 1.96 bits per heavy atom. The lowest BCUT2D eigenvalue weighted by Crippen LogP contribution is -2.33. The summed E-state index contributed by atoms with van der Waals surface area (Å²) < 4.78 is 2.04. The van der Waals surface area contributed by atoms with E-state index in [1.807, 2.05) is 71.4 Å². The largest absolute Gasteiger partial charge is 0.337 e. The van der Waals surface area contributed by atoms with E-state index in [1.54, 1.807) is 0 Å². The molecule has 1 fully saturated rings. The summed E-state index contributed by atoms with van der Waals surface area (Å²) in [5, 5.41) is 3.24. The highest BCUT2D eigenvalue weighted by atomic mass is 16.2. The Hall–Kier alpha value is -2.66. The first-order chi connectivity index (χ1) is 11.8. The van der Waals surface area contributed by atoms with Crippen LogP contribution in [0.2, 0.25) is 0 Å². The summed E-state index contributed by atoms with van der Waals surface area (Å²) in [6.45, 7) is 1.60. The molecule has 0 radical (unpaired) electrons. The average molecular weight is 320 g/mol. The van der Waals surface area contributed by atoms with Crippen LogP contribution in [0.1, 0.15) is 16.8 Å². The van der Waals surface area contributed by atoms with E-state index in [9.17, 15) is 4.79 Å². The average Bonchev–Trinajstić information content (AvgIpc) is 3.28. The van der Waals surface area contributed by atoms with Gasteiger partial charge < -0.3 is 10.2 Å². The zero-order chi connectivity index (χ0) is 16.5. The number of carbonyl (C=O) groups is 1. The van der Waals surface area contributed by atoms with Crippen molar-refractivity contribution in [2.45, 2.75) is 12.5 Å². The third kappa shape index (κ3) is 2.57. The van der Waals surface area contributed by atoms with Crippen LogP contribution in [0.15, 0.2) is 54.9 Å². The summed E-state index contributed by atoms with van der Waals surface area (Å²) in [6.07, 6.45) is 2.83. The van der Waals surface area contributed by atoms with E-state index in [1.165, 1.54) is 0 Å². The zero-order valence-electron chi connectivity index (χ0n) is 13.6. The predicted molar refractivity (Wildman–Crippen MR) is 94.4 cm³/mol. The van der Waals surface area contributed by atoms with Crippen molar-refractivity contribution in [2.24, 2.45) is 0 Å². The molecule has 1 aromatic heterocycles. The maximum Gasteiger partial charge on any atom is 0.253 e. The van der Waals surface area contributed by atoms with Gasteiger partial charge in [-0.3, -0.25) is 9.36 Å². The molecule has 3 aromatic rings. The highest BCUT2D eigenvalue weighted by Crippen LogP contribution is 2.19. The summed E-state index contributed by atoms with van der Waals surface area (Å²) >= 11 is 0. The molecule has 1 aliphatic rings. The summed E-state index contributed by atoms with van der Waals surface area (Å²) in [5.74, 6) is 0.106. The Labute approximate surface area is 140 Å². The number of likely N-dealkylation sites (tertiary alicyclic amines) is 1. The van der Waals surface area contributed by atoms with Gasteiger partial charge in [-0.2, -0.15) is 0 Å². The molecular formula is C19H20N4O. The highest BCUT2D eigenvalue weighted by Gasteiger charge is 2.25. The second-order valence-electron chi connectivity index (χ2n) is 6.18. The molecule has 1 saturated heterocycles. The van der Waals surface area contributed by atoms with Gasteiger partial charge in [-0.25, -0.2) is 4.98 Å². The maximum atomic E-state index is 12.6. The fraction of sp³-hybridized carbons (Fsp3) is 0.263. The van der Waals surface area contributed by atoms with Crippen molar-refractivity contribution in [3.05, 3.63) is 60.4 Å². The number of para-hydroxylation sites is 2. The number of aromatic nitrogens is 2. The molecule has 0 aliphatic carbocycles. The number of nitrogens with one attached hydrogen (secondary N) is 1. The van der Waals surface area contributed by atoms with Gasteiger partial charge in [0.15, 0.2) is 0 Å². The van der Waals surface area contributed by atoms with E-state index < -0.39 is 0 Å². The highest BCUT2D eigenvalue weighted by molar-refractivity contribution is 5.94. The molecule has 0 bridgehead atoms. The first-order valence-corrected chi connectivity index (χ1v) is 8.25. The van der Waals surface area contributed by atoms with Crippen LogP contribution in [0.3, 0.4) is 0 Å². The third-order valence-corrected chi connectivity index (χ3v) is 4.73. The summed E-state index contributed by atoms with van der Waals surface area (Å²) in [4.78, 5) is 18.9. The molecular weight excluding hydrogens is 300 g/mol. The first kappa shape index (κ1) is 14.9. The molecule has 0 unspecified atom stereocenters. The van der Waals surface area contributed by atoms with Gasteiger partial charge in [0.25, 0.3) is 5.91 Å². The van der Waals surface area contributed by atoms with Gasteiger partial charge in [0.1, 0.15) is 6.33 Å². The quantitative estimate of drug-likeness (QED) is 0.806. The van der Waals surface area contributed by atoms with E-state index in [4.69, 9.17) is 0 Å². The molecule has 2 aromatic carbocycles. The predicted octanol–water partition coefficient (Wildman–Crippen LogP) is 2.46. The van der Waals surface area contributed by atoms with Crippen LogP contribution in [0.25, 0.3) is 16.7 Å². The number of imidazole rings is 1. The smallest absolute Gasteiger partial charge is 0.253 e. The Morgan fingerprint density at radius 3 is 2.71 bits per heavy atom. The van der Waals surface area contributed by atoms with Crippen LogP contribution in [-0.4, -0.2) is 46.5 Å². The van der Waals surface area contributed by atoms with Crippen LogP contribution in [0.5, 0.6) is 0 Å². The molecule has 122 valence electrons. The number of likely N-dealkylation sites (N-methyl/N-ethyl adjacent to an activating group) is 1. The third-order valence-electron chi connectivity index (χ3n) is 4.73. The molecule has 1 aliphatic heterocycles. The van der Waals surface area contributed by atoms with Crippen molar-refractivity contribution in [3.8, 4) is 5.69 Å². The summed E-state index contributed by atoms with van der Waals surface area (Å²) in [6, 6.07) is 16.2. The van der Waals surface area contributed by atoms with Gasteiger partial charge in [-0.15, -0.1) is 0 Å². The van der Waals surface area contributed by atoms with Gasteiger partial charge in [0.2, 0.25) is 0 Å². The Morgan fingerprint density at radius 1 is 1.17 bits per heavy atom. The molecule has 1 amide bonds. The van der Waals surface area contributed by atoms with Crippen molar-refractivity contribution in [1.29, 1.82) is 0 Å². The van der Waals surface area contributed by atoms with Crippen molar-refractivity contribution in [2.75, 3.05) is 20.1 Å². The van der Waals surface area contributed by atoms with E-state index in [0.29, 0.717) is 6.04 Å². The number of hydrogen-bond acceptors (Lipinski definition) is 3. The minimum absolute atomic E-state index is 0.106. The lowest BCUT2D eigenvalue weighted by Gasteiger charge is -2.16. The minimum Gasteiger partial charge on any atom is -0.337 e. The second-order valence-corrected chi connectivity index (χ2v) is 6.18. The van der Waals surface area contributed by atoms with Crippen molar-refractivity contribution >= 4 is 16.9 Å². The number of hydrogen-bond donors (Lipinski definition) is 1. The summed E-state index contributed by atoms with van der Waals surface area (Å²) in [7, 11) is 1.95. The van der Waals surface area contributed by atoms with Crippen LogP contribution >= 0.6 is 0 Å². The monoisotopic (exact) mass is 320 g/mol. The van der Waals surface area contributed by atoms with Crippen LogP contribution in [-0.2, 0) is 0 Å². The molecule has 5 heteroatoms. The molecule has 0 spiro atoms. The number of nitrogens with zero attached hydrogens (tertiary/aromatic N) is 3. The van der Waals surface area contributed by atoms with Crippen LogP contribution in [0, 0.1) is 0 Å². The van der Waals surface area contributed by atoms with Gasteiger partial charge in [-0.1, -0.05) is 12.1 Å². The molecule has 4 rings (SSSR count). The number of fused-ring (bicyclic) bond motifs is 1. The minimum atomic E-state index is 0.106. The topological polar surface area (TPSA) is 50.2 Å². The fourth-order valence-corrected chi connectivity index (χ4v) is 3.29. The fourth-order valence-electron chi connectivity index (χ4n) is 3.29. The normalized spacial score (nSPS) is 17.5. The van der Waals surface area contributed by atoms with Crippen LogP contribution in [0.4, 0.5) is 0 Å². The Balaban J connectivity index is 1.58. The van der Waals surface area contributed by atoms with E-state index in [-0.39, 0.29) is 5.91 Å². The lowest BCUT2D eigenvalue weighted by molar-refractivity contribution is 0.0789. The standard InChI is InChI=1S/C19H20N4O/c1-20-15-10-11-22(12-15)19(24)14-6-8-16(9-7-14)23-13-21-17-4-2-3-5-18(17)23/h2-9,13,15,20H,10-12H2,1H3/t15-/m1/s1. The number of amides is 1. The molecule has 1 atom stereocenters. The Kier molecular flexibility index (Phi) is 3.78. The summed E-state index contributed by atoms with van der Waals surface area (Å²) in [5.41, 5.74) is 3.77. The van der Waals surface area contributed by atoms with Crippen molar-refractivity contribution in [3.63, 3.8) is 0 Å². The van der Waals surface area contributed by atoms with E-state index in [0.717, 1.165) is 41.8 Å². The van der Waals surface area contributed by atoms with Gasteiger partial charge in [0.05, 0.1) is 11.0 Å². The zero-order valence-corrected chi connectivity index (χ0v) is 13.6. The van der Waals surface area contributed by atoms with Crippen molar-refractivity contribution in [1.82, 2.24) is 19.8 Å². The maximum absolute atomic E-state index is 12.6. The van der Waals surface area contributed by atoms with E-state index in [2.05, 4.69) is 10.3 Å². The van der Waals surface area contributed by atoms with Crippen LogP contribution < -0.4 is 5.32 Å². The molecule has 5 nitrogen and oxygen atoms in total. The van der Waals surface area contributed by atoms with Crippen molar-refractivity contribution < 1.29 is 4.79 Å². The second kappa shape index (κ2) is 6.09. The molecule has 0 saturated carbocycles. The first-order valence-electron chi connectivity index (χ1n) is 8.25. The molecule has 2 heterocycles. The van der Waals surface area contributed by atoms with E-state index >= 15 is 0 Å². The number of rotatable bonds is 3. The van der Waals surface area contributed by atoms with Gasteiger partial charge in [0, 0.05) is 30.4 Å². The lowest BCUT2D eigenvalue weighted by atomic mass is 10.1. The number of carbonyl (C=O) groups excluding carboxylic acids is 1. The molecule has 1 N–H and O–H groups in total. The van der Waals surface area contributed by atoms with Gasteiger partial charge in [-0.05, 0) is 49.9 Å². The molecule has 24 heavy (non-hydrogen) atoms. The Bertz CT molecular complexity index is 868. The number of benzene rings is 2. The van der Waals surface area contributed by atoms with Gasteiger partial charge >= 0.3 is 0 Å². The SMILES string of the molecule is CN[C@@H]1CCN(C(=O)c2ccc(-n3cnc4ccccc43)cc2)C1.